The fourth-order valence-electron chi connectivity index (χ4n) is 2.25. The van der Waals surface area contributed by atoms with E-state index in [2.05, 4.69) is 54.5 Å². The molecule has 0 fully saturated rings. The van der Waals surface area contributed by atoms with Crippen molar-refractivity contribution < 1.29 is 0 Å². The second-order valence-corrected chi connectivity index (χ2v) is 4.67. The Labute approximate surface area is 104 Å². The number of hydrogen-bond donors (Lipinski definition) is 1. The van der Waals surface area contributed by atoms with Crippen LogP contribution in [0, 0.1) is 0 Å². The largest absolute Gasteiger partial charge is 0.374 e. The number of benzene rings is 1. The first kappa shape index (κ1) is 12.2. The highest BCUT2D eigenvalue weighted by Crippen LogP contribution is 2.27. The monoisotopic (exact) mass is 230 g/mol. The second-order valence-electron chi connectivity index (χ2n) is 4.67. The van der Waals surface area contributed by atoms with Crippen molar-refractivity contribution in [1.29, 1.82) is 0 Å². The summed E-state index contributed by atoms with van der Waals surface area (Å²) >= 11 is 0. The van der Waals surface area contributed by atoms with E-state index >= 15 is 0 Å². The molecule has 1 aromatic rings. The van der Waals surface area contributed by atoms with Gasteiger partial charge < -0.3 is 10.2 Å². The summed E-state index contributed by atoms with van der Waals surface area (Å²) in [6, 6.07) is 6.76. The van der Waals surface area contributed by atoms with Crippen LogP contribution < -0.4 is 10.2 Å². The molecule has 17 heavy (non-hydrogen) atoms. The topological polar surface area (TPSA) is 15.3 Å². The smallest absolute Gasteiger partial charge is 0.0397 e. The minimum atomic E-state index is 0.963. The first-order valence-corrected chi connectivity index (χ1v) is 6.52. The maximum Gasteiger partial charge on any atom is 0.0397 e. The van der Waals surface area contributed by atoms with Crippen molar-refractivity contribution in [2.75, 3.05) is 31.6 Å². The van der Waals surface area contributed by atoms with Gasteiger partial charge in [0.05, 0.1) is 0 Å². The molecule has 0 aliphatic carbocycles. The summed E-state index contributed by atoms with van der Waals surface area (Å²) in [5, 5.41) is 3.37. The highest BCUT2D eigenvalue weighted by Gasteiger charge is 2.14. The maximum atomic E-state index is 3.37. The number of rotatable bonds is 5. The third-order valence-corrected chi connectivity index (χ3v) is 3.23. The molecule has 0 saturated heterocycles. The Bertz CT molecular complexity index is 396. The van der Waals surface area contributed by atoms with Gasteiger partial charge in [0, 0.05) is 25.8 Å². The van der Waals surface area contributed by atoms with Gasteiger partial charge in [-0.25, -0.2) is 0 Å². The lowest BCUT2D eigenvalue weighted by Crippen LogP contribution is -2.13. The highest BCUT2D eigenvalue weighted by molar-refractivity contribution is 5.63. The van der Waals surface area contributed by atoms with Crippen molar-refractivity contribution in [1.82, 2.24) is 5.32 Å². The molecule has 1 heterocycles. The Morgan fingerprint density at radius 3 is 3.12 bits per heavy atom. The van der Waals surface area contributed by atoms with E-state index in [-0.39, 0.29) is 0 Å². The van der Waals surface area contributed by atoms with E-state index in [0.29, 0.717) is 0 Å². The van der Waals surface area contributed by atoms with Gasteiger partial charge in [0.15, 0.2) is 0 Å². The van der Waals surface area contributed by atoms with Crippen molar-refractivity contribution in [3.8, 4) is 0 Å². The van der Waals surface area contributed by atoms with Crippen LogP contribution in [0.3, 0.4) is 0 Å². The van der Waals surface area contributed by atoms with Gasteiger partial charge in [-0.15, -0.1) is 0 Å². The molecule has 2 nitrogen and oxygen atoms in total. The zero-order valence-electron chi connectivity index (χ0n) is 10.9. The molecular weight excluding hydrogens is 208 g/mol. The lowest BCUT2D eigenvalue weighted by Gasteiger charge is -2.11. The lowest BCUT2D eigenvalue weighted by atomic mass is 10.1. The molecule has 0 radical (unpaired) electrons. The average Bonchev–Trinajstić information content (AvgIpc) is 2.71. The van der Waals surface area contributed by atoms with Gasteiger partial charge in [0.2, 0.25) is 0 Å². The fourth-order valence-corrected chi connectivity index (χ4v) is 2.25. The summed E-state index contributed by atoms with van der Waals surface area (Å²) < 4.78 is 0. The molecule has 0 aromatic heterocycles. The summed E-state index contributed by atoms with van der Waals surface area (Å²) in [4.78, 5) is 2.33. The third-order valence-electron chi connectivity index (χ3n) is 3.23. The standard InChI is InChI=1S/C15H22N2/c1-3-9-16-10-4-5-13-6-7-15-14(12-13)8-11-17(15)2/h4-7,12,16H,3,8-11H2,1-2H3. The van der Waals surface area contributed by atoms with E-state index in [1.54, 1.807) is 0 Å². The molecule has 1 aliphatic heterocycles. The van der Waals surface area contributed by atoms with Gasteiger partial charge in [-0.3, -0.25) is 0 Å². The summed E-state index contributed by atoms with van der Waals surface area (Å²) in [6.45, 7) is 5.40. The zero-order valence-corrected chi connectivity index (χ0v) is 10.9. The molecule has 0 spiro atoms. The minimum Gasteiger partial charge on any atom is -0.374 e. The predicted octanol–water partition coefficient (Wildman–Crippen LogP) is 2.69. The molecule has 0 unspecified atom stereocenters. The number of fused-ring (bicyclic) bond motifs is 1. The van der Waals surface area contributed by atoms with E-state index in [0.717, 1.165) is 19.6 Å². The molecule has 2 heteroatoms. The Morgan fingerprint density at radius 2 is 2.29 bits per heavy atom. The minimum absolute atomic E-state index is 0.963. The lowest BCUT2D eigenvalue weighted by molar-refractivity contribution is 0.730. The van der Waals surface area contributed by atoms with E-state index in [9.17, 15) is 0 Å². The SMILES string of the molecule is CCCNCC=Cc1ccc2c(c1)CCN2C. The normalized spacial score (nSPS) is 14.6. The first-order valence-electron chi connectivity index (χ1n) is 6.52. The Morgan fingerprint density at radius 1 is 1.41 bits per heavy atom. The van der Waals surface area contributed by atoms with Gasteiger partial charge >= 0.3 is 0 Å². The molecule has 1 aromatic carbocycles. The number of anilines is 1. The van der Waals surface area contributed by atoms with E-state index < -0.39 is 0 Å². The van der Waals surface area contributed by atoms with Crippen LogP contribution in [-0.2, 0) is 6.42 Å². The Kier molecular flexibility index (Phi) is 4.21. The fraction of sp³-hybridized carbons (Fsp3) is 0.467. The highest BCUT2D eigenvalue weighted by atomic mass is 15.1. The van der Waals surface area contributed by atoms with Gasteiger partial charge in [0.1, 0.15) is 0 Å². The quantitative estimate of drug-likeness (QED) is 0.782. The molecule has 0 bridgehead atoms. The second kappa shape index (κ2) is 5.87. The summed E-state index contributed by atoms with van der Waals surface area (Å²) in [5.41, 5.74) is 4.19. The molecule has 2 rings (SSSR count). The van der Waals surface area contributed by atoms with Crippen LogP contribution in [0.15, 0.2) is 24.3 Å². The van der Waals surface area contributed by atoms with Crippen LogP contribution in [0.25, 0.3) is 6.08 Å². The van der Waals surface area contributed by atoms with Crippen LogP contribution in [0.1, 0.15) is 24.5 Å². The average molecular weight is 230 g/mol. The predicted molar refractivity (Wildman–Crippen MR) is 75.6 cm³/mol. The number of nitrogens with zero attached hydrogens (tertiary/aromatic N) is 1. The molecule has 92 valence electrons. The molecule has 1 aliphatic rings. The van der Waals surface area contributed by atoms with E-state index in [4.69, 9.17) is 0 Å². The molecule has 0 amide bonds. The zero-order chi connectivity index (χ0) is 12.1. The van der Waals surface area contributed by atoms with Gasteiger partial charge in [-0.05, 0) is 42.6 Å². The molecular formula is C15H22N2. The van der Waals surface area contributed by atoms with Crippen molar-refractivity contribution in [2.24, 2.45) is 0 Å². The van der Waals surface area contributed by atoms with Crippen molar-refractivity contribution in [2.45, 2.75) is 19.8 Å². The Balaban J connectivity index is 1.94. The summed E-state index contributed by atoms with van der Waals surface area (Å²) in [6.07, 6.45) is 6.79. The maximum absolute atomic E-state index is 3.37. The first-order chi connectivity index (χ1) is 8.31. The van der Waals surface area contributed by atoms with Crippen LogP contribution in [0.4, 0.5) is 5.69 Å². The molecule has 1 N–H and O–H groups in total. The Hall–Kier alpha value is -1.28. The van der Waals surface area contributed by atoms with Gasteiger partial charge in [-0.2, -0.15) is 0 Å². The third kappa shape index (κ3) is 3.10. The van der Waals surface area contributed by atoms with E-state index in [1.807, 2.05) is 0 Å². The summed E-state index contributed by atoms with van der Waals surface area (Å²) in [7, 11) is 2.16. The number of likely N-dealkylation sites (N-methyl/N-ethyl adjacent to an activating group) is 1. The van der Waals surface area contributed by atoms with Crippen molar-refractivity contribution >= 4 is 11.8 Å². The van der Waals surface area contributed by atoms with Gasteiger partial charge in [0.25, 0.3) is 0 Å². The van der Waals surface area contributed by atoms with Crippen molar-refractivity contribution in [3.63, 3.8) is 0 Å². The number of hydrogen-bond acceptors (Lipinski definition) is 2. The molecule has 0 atom stereocenters. The van der Waals surface area contributed by atoms with Crippen LogP contribution in [0.2, 0.25) is 0 Å². The van der Waals surface area contributed by atoms with Crippen LogP contribution >= 0.6 is 0 Å². The van der Waals surface area contributed by atoms with Crippen LogP contribution in [-0.4, -0.2) is 26.7 Å². The van der Waals surface area contributed by atoms with Crippen molar-refractivity contribution in [3.05, 3.63) is 35.4 Å². The van der Waals surface area contributed by atoms with E-state index in [1.165, 1.54) is 29.7 Å². The van der Waals surface area contributed by atoms with Crippen LogP contribution in [0.5, 0.6) is 0 Å². The number of nitrogens with one attached hydrogen (secondary N) is 1. The summed E-state index contributed by atoms with van der Waals surface area (Å²) in [5.74, 6) is 0. The molecule has 0 saturated carbocycles. The van der Waals surface area contributed by atoms with Gasteiger partial charge in [-0.1, -0.05) is 25.1 Å².